The molecule has 1 saturated heterocycles. The van der Waals surface area contributed by atoms with Gasteiger partial charge in [0.25, 0.3) is 0 Å². The molecule has 15 heavy (non-hydrogen) atoms. The van der Waals surface area contributed by atoms with Gasteiger partial charge in [-0.05, 0) is 25.7 Å². The van der Waals surface area contributed by atoms with Crippen LogP contribution in [0, 0.1) is 0 Å². The lowest BCUT2D eigenvalue weighted by Crippen LogP contribution is -2.53. The van der Waals surface area contributed by atoms with Crippen molar-refractivity contribution in [3.8, 4) is 0 Å². The summed E-state index contributed by atoms with van der Waals surface area (Å²) in [5.41, 5.74) is -0.469. The quantitative estimate of drug-likeness (QED) is 0.714. The van der Waals surface area contributed by atoms with Crippen molar-refractivity contribution in [1.29, 1.82) is 0 Å². The van der Waals surface area contributed by atoms with Crippen LogP contribution in [-0.4, -0.2) is 35.9 Å². The fourth-order valence-corrected chi connectivity index (χ4v) is 1.82. The third-order valence-electron chi connectivity index (χ3n) is 3.27. The Morgan fingerprint density at radius 3 is 2.60 bits per heavy atom. The van der Waals surface area contributed by atoms with Crippen LogP contribution < -0.4 is 5.32 Å². The maximum Gasteiger partial charge on any atom is 0.249 e. The summed E-state index contributed by atoms with van der Waals surface area (Å²) < 4.78 is 5.30. The number of ether oxygens (including phenoxy) is 1. The summed E-state index contributed by atoms with van der Waals surface area (Å²) in [5.74, 6) is -0.0785. The van der Waals surface area contributed by atoms with Gasteiger partial charge >= 0.3 is 0 Å². The smallest absolute Gasteiger partial charge is 0.249 e. The largest absolute Gasteiger partial charge is 0.394 e. The lowest BCUT2D eigenvalue weighted by molar-refractivity contribution is -0.132. The number of aliphatic hydroxyl groups is 1. The molecule has 0 spiro atoms. The van der Waals surface area contributed by atoms with E-state index in [-0.39, 0.29) is 18.6 Å². The molecule has 1 fully saturated rings. The van der Waals surface area contributed by atoms with Crippen LogP contribution in [-0.2, 0) is 9.53 Å². The number of nitrogens with one attached hydrogen (secondary N) is 1. The van der Waals surface area contributed by atoms with Gasteiger partial charge in [0.1, 0.15) is 6.10 Å². The van der Waals surface area contributed by atoms with Crippen molar-refractivity contribution in [3.05, 3.63) is 0 Å². The minimum atomic E-state index is -0.469. The Balaban J connectivity index is 2.53. The second-order valence-electron chi connectivity index (χ2n) is 4.14. The summed E-state index contributed by atoms with van der Waals surface area (Å²) in [7, 11) is 0. The van der Waals surface area contributed by atoms with Crippen LogP contribution in [0.3, 0.4) is 0 Å². The van der Waals surface area contributed by atoms with Crippen molar-refractivity contribution in [3.63, 3.8) is 0 Å². The van der Waals surface area contributed by atoms with E-state index in [1.807, 2.05) is 13.8 Å². The number of aliphatic hydroxyl groups excluding tert-OH is 1. The number of carbonyl (C=O) groups is 1. The first-order chi connectivity index (χ1) is 7.17. The molecule has 0 bridgehead atoms. The van der Waals surface area contributed by atoms with Gasteiger partial charge in [0.2, 0.25) is 5.91 Å². The summed E-state index contributed by atoms with van der Waals surface area (Å²) in [6, 6.07) is 0. The normalized spacial score (nSPS) is 21.7. The van der Waals surface area contributed by atoms with Crippen LogP contribution >= 0.6 is 0 Å². The Bertz CT molecular complexity index is 200. The van der Waals surface area contributed by atoms with Crippen LogP contribution in [0.15, 0.2) is 0 Å². The van der Waals surface area contributed by atoms with Gasteiger partial charge in [-0.1, -0.05) is 13.8 Å². The van der Waals surface area contributed by atoms with E-state index in [0.29, 0.717) is 6.61 Å². The van der Waals surface area contributed by atoms with Crippen molar-refractivity contribution in [2.24, 2.45) is 0 Å². The van der Waals surface area contributed by atoms with Crippen molar-refractivity contribution in [2.45, 2.75) is 51.2 Å². The van der Waals surface area contributed by atoms with E-state index in [9.17, 15) is 9.90 Å². The zero-order chi connectivity index (χ0) is 11.3. The number of amides is 1. The Hall–Kier alpha value is -0.610. The second kappa shape index (κ2) is 5.47. The fourth-order valence-electron chi connectivity index (χ4n) is 1.82. The van der Waals surface area contributed by atoms with E-state index in [4.69, 9.17) is 4.74 Å². The minimum Gasteiger partial charge on any atom is -0.394 e. The summed E-state index contributed by atoms with van der Waals surface area (Å²) in [6.07, 6.45) is 2.90. The number of hydrogen-bond donors (Lipinski definition) is 2. The van der Waals surface area contributed by atoms with E-state index < -0.39 is 5.54 Å². The monoisotopic (exact) mass is 215 g/mol. The first kappa shape index (κ1) is 12.5. The molecule has 0 radical (unpaired) electrons. The van der Waals surface area contributed by atoms with Crippen molar-refractivity contribution in [1.82, 2.24) is 5.32 Å². The molecule has 4 nitrogen and oxygen atoms in total. The Labute approximate surface area is 91.0 Å². The Kier molecular flexibility index (Phi) is 4.54. The van der Waals surface area contributed by atoms with Crippen molar-refractivity contribution < 1.29 is 14.6 Å². The van der Waals surface area contributed by atoms with Gasteiger partial charge in [-0.15, -0.1) is 0 Å². The highest BCUT2D eigenvalue weighted by Gasteiger charge is 2.32. The second-order valence-corrected chi connectivity index (χ2v) is 4.14. The van der Waals surface area contributed by atoms with Crippen LogP contribution in [0.4, 0.5) is 0 Å². The number of hydrogen-bond acceptors (Lipinski definition) is 3. The molecule has 4 heteroatoms. The zero-order valence-corrected chi connectivity index (χ0v) is 9.58. The highest BCUT2D eigenvalue weighted by atomic mass is 16.5. The number of rotatable bonds is 5. The third-order valence-corrected chi connectivity index (χ3v) is 3.27. The predicted octanol–water partition coefficient (Wildman–Crippen LogP) is 0.833. The van der Waals surface area contributed by atoms with Crippen molar-refractivity contribution >= 4 is 5.91 Å². The van der Waals surface area contributed by atoms with Gasteiger partial charge < -0.3 is 15.2 Å². The zero-order valence-electron chi connectivity index (χ0n) is 9.58. The first-order valence-electron chi connectivity index (χ1n) is 5.72. The Morgan fingerprint density at radius 1 is 1.53 bits per heavy atom. The van der Waals surface area contributed by atoms with Gasteiger partial charge in [-0.2, -0.15) is 0 Å². The summed E-state index contributed by atoms with van der Waals surface area (Å²) in [4.78, 5) is 11.8. The molecule has 2 N–H and O–H groups in total. The molecule has 1 atom stereocenters. The van der Waals surface area contributed by atoms with E-state index in [1.54, 1.807) is 0 Å². The molecule has 88 valence electrons. The molecular weight excluding hydrogens is 194 g/mol. The summed E-state index contributed by atoms with van der Waals surface area (Å²) >= 11 is 0. The molecule has 0 aromatic rings. The Morgan fingerprint density at radius 2 is 2.20 bits per heavy atom. The molecular formula is C11H21NO3. The van der Waals surface area contributed by atoms with E-state index >= 15 is 0 Å². The van der Waals surface area contributed by atoms with E-state index in [2.05, 4.69) is 5.32 Å². The summed E-state index contributed by atoms with van der Waals surface area (Å²) in [6.45, 7) is 4.59. The predicted molar refractivity (Wildman–Crippen MR) is 57.5 cm³/mol. The molecule has 0 aromatic heterocycles. The average Bonchev–Trinajstić information content (AvgIpc) is 2.79. The molecule has 1 aliphatic rings. The topological polar surface area (TPSA) is 58.6 Å². The van der Waals surface area contributed by atoms with Crippen LogP contribution in [0.1, 0.15) is 39.5 Å². The number of carbonyl (C=O) groups excluding carboxylic acids is 1. The molecule has 1 rings (SSSR count). The summed E-state index contributed by atoms with van der Waals surface area (Å²) in [5, 5.41) is 12.2. The molecule has 1 unspecified atom stereocenters. The molecule has 1 heterocycles. The lowest BCUT2D eigenvalue weighted by atomic mass is 9.93. The van der Waals surface area contributed by atoms with Gasteiger partial charge in [0, 0.05) is 6.61 Å². The third kappa shape index (κ3) is 2.92. The highest BCUT2D eigenvalue weighted by Crippen LogP contribution is 2.17. The standard InChI is InChI=1S/C11H21NO3/c1-3-11(4-2,8-13)12-10(14)9-6-5-7-15-9/h9,13H,3-8H2,1-2H3,(H,12,14). The maximum absolute atomic E-state index is 11.8. The van der Waals surface area contributed by atoms with Crippen LogP contribution in [0.2, 0.25) is 0 Å². The lowest BCUT2D eigenvalue weighted by Gasteiger charge is -2.31. The minimum absolute atomic E-state index is 0.0154. The van der Waals surface area contributed by atoms with Gasteiger partial charge in [-0.25, -0.2) is 0 Å². The molecule has 0 aliphatic carbocycles. The molecule has 1 amide bonds. The fraction of sp³-hybridized carbons (Fsp3) is 0.909. The SMILES string of the molecule is CCC(CC)(CO)NC(=O)C1CCCO1. The average molecular weight is 215 g/mol. The van der Waals surface area contributed by atoms with E-state index in [1.165, 1.54) is 0 Å². The van der Waals surface area contributed by atoms with Gasteiger partial charge in [0.15, 0.2) is 0 Å². The maximum atomic E-state index is 11.8. The molecule has 1 aliphatic heterocycles. The van der Waals surface area contributed by atoms with Crippen molar-refractivity contribution in [2.75, 3.05) is 13.2 Å². The van der Waals surface area contributed by atoms with E-state index in [0.717, 1.165) is 25.7 Å². The van der Waals surface area contributed by atoms with Crippen LogP contribution in [0.5, 0.6) is 0 Å². The van der Waals surface area contributed by atoms with Crippen LogP contribution in [0.25, 0.3) is 0 Å². The molecule has 0 aromatic carbocycles. The first-order valence-corrected chi connectivity index (χ1v) is 5.72. The van der Waals surface area contributed by atoms with Gasteiger partial charge in [-0.3, -0.25) is 4.79 Å². The highest BCUT2D eigenvalue weighted by molar-refractivity contribution is 5.81. The molecule has 0 saturated carbocycles. The van der Waals surface area contributed by atoms with Gasteiger partial charge in [0.05, 0.1) is 12.1 Å².